The lowest BCUT2D eigenvalue weighted by atomic mass is 10.2. The van der Waals surface area contributed by atoms with Gasteiger partial charge in [0.2, 0.25) is 10.0 Å². The average Bonchev–Trinajstić information content (AvgIpc) is 3.21. The molecule has 3 aromatic rings. The van der Waals surface area contributed by atoms with E-state index in [2.05, 4.69) is 10.6 Å². The summed E-state index contributed by atoms with van der Waals surface area (Å²) >= 11 is 0. The predicted octanol–water partition coefficient (Wildman–Crippen LogP) is 3.42. The van der Waals surface area contributed by atoms with Gasteiger partial charge in [0.25, 0.3) is 0 Å². The van der Waals surface area contributed by atoms with E-state index < -0.39 is 16.1 Å². The zero-order valence-electron chi connectivity index (χ0n) is 15.3. The lowest BCUT2D eigenvalue weighted by Gasteiger charge is -2.17. The SMILES string of the molecule is CN(Cc1ccccc1)S(=O)(=O)c1ccc(NC(=O)NCc2ccco2)cc1. The summed E-state index contributed by atoms with van der Waals surface area (Å²) in [5, 5.41) is 5.31. The number of urea groups is 1. The van der Waals surface area contributed by atoms with Crippen molar-refractivity contribution in [3.8, 4) is 0 Å². The second-order valence-electron chi connectivity index (χ2n) is 6.16. The molecule has 0 bridgehead atoms. The Labute approximate surface area is 164 Å². The Hall–Kier alpha value is -3.10. The molecule has 2 aromatic carbocycles. The fraction of sp³-hybridized carbons (Fsp3) is 0.150. The van der Waals surface area contributed by atoms with E-state index in [1.165, 1.54) is 29.7 Å². The number of nitrogens with one attached hydrogen (secondary N) is 2. The Kier molecular flexibility index (Phi) is 6.13. The highest BCUT2D eigenvalue weighted by Crippen LogP contribution is 2.19. The highest BCUT2D eigenvalue weighted by Gasteiger charge is 2.20. The van der Waals surface area contributed by atoms with Crippen LogP contribution in [0.25, 0.3) is 0 Å². The van der Waals surface area contributed by atoms with Crippen molar-refractivity contribution in [2.45, 2.75) is 18.0 Å². The molecule has 0 radical (unpaired) electrons. The lowest BCUT2D eigenvalue weighted by Crippen LogP contribution is -2.28. The fourth-order valence-electron chi connectivity index (χ4n) is 2.57. The highest BCUT2D eigenvalue weighted by molar-refractivity contribution is 7.89. The minimum atomic E-state index is -3.63. The third kappa shape index (κ3) is 4.99. The van der Waals surface area contributed by atoms with Crippen LogP contribution in [0.1, 0.15) is 11.3 Å². The Morgan fingerprint density at radius 1 is 1.00 bits per heavy atom. The predicted molar refractivity (Wildman–Crippen MR) is 106 cm³/mol. The van der Waals surface area contributed by atoms with Gasteiger partial charge >= 0.3 is 6.03 Å². The first-order valence-electron chi connectivity index (χ1n) is 8.63. The maximum absolute atomic E-state index is 12.7. The van der Waals surface area contributed by atoms with Crippen molar-refractivity contribution in [3.63, 3.8) is 0 Å². The van der Waals surface area contributed by atoms with Crippen molar-refractivity contribution in [3.05, 3.63) is 84.3 Å². The number of benzene rings is 2. The molecule has 0 saturated carbocycles. The molecule has 28 heavy (non-hydrogen) atoms. The van der Waals surface area contributed by atoms with E-state index in [1.807, 2.05) is 30.3 Å². The maximum Gasteiger partial charge on any atom is 0.319 e. The maximum atomic E-state index is 12.7. The minimum Gasteiger partial charge on any atom is -0.467 e. The van der Waals surface area contributed by atoms with E-state index in [0.717, 1.165) is 5.56 Å². The van der Waals surface area contributed by atoms with Gasteiger partial charge in [-0.15, -0.1) is 0 Å². The van der Waals surface area contributed by atoms with Gasteiger partial charge in [0, 0.05) is 19.3 Å². The van der Waals surface area contributed by atoms with E-state index in [9.17, 15) is 13.2 Å². The molecule has 0 atom stereocenters. The molecule has 1 aromatic heterocycles. The molecular formula is C20H21N3O4S. The fourth-order valence-corrected chi connectivity index (χ4v) is 3.73. The molecule has 2 N–H and O–H groups in total. The van der Waals surface area contributed by atoms with Gasteiger partial charge in [-0.05, 0) is 42.0 Å². The average molecular weight is 399 g/mol. The Morgan fingerprint density at radius 3 is 2.36 bits per heavy atom. The number of furan rings is 1. The molecule has 0 aliphatic rings. The number of hydrogen-bond donors (Lipinski definition) is 2. The van der Waals surface area contributed by atoms with Crippen molar-refractivity contribution in [2.75, 3.05) is 12.4 Å². The van der Waals surface area contributed by atoms with Crippen molar-refractivity contribution in [1.29, 1.82) is 0 Å². The van der Waals surface area contributed by atoms with Crippen molar-refractivity contribution in [2.24, 2.45) is 0 Å². The summed E-state index contributed by atoms with van der Waals surface area (Å²) in [4.78, 5) is 12.1. The first-order chi connectivity index (χ1) is 13.4. The van der Waals surface area contributed by atoms with E-state index in [1.54, 1.807) is 24.3 Å². The second kappa shape index (κ2) is 8.73. The number of sulfonamides is 1. The molecule has 8 heteroatoms. The first kappa shape index (κ1) is 19.7. The van der Waals surface area contributed by atoms with Gasteiger partial charge in [0.1, 0.15) is 5.76 Å². The minimum absolute atomic E-state index is 0.160. The summed E-state index contributed by atoms with van der Waals surface area (Å²) < 4.78 is 31.9. The van der Waals surface area contributed by atoms with E-state index in [-0.39, 0.29) is 18.0 Å². The smallest absolute Gasteiger partial charge is 0.319 e. The summed E-state index contributed by atoms with van der Waals surface area (Å²) in [6.07, 6.45) is 1.53. The van der Waals surface area contributed by atoms with E-state index in [4.69, 9.17) is 4.42 Å². The van der Waals surface area contributed by atoms with E-state index >= 15 is 0 Å². The van der Waals surface area contributed by atoms with Crippen LogP contribution in [0.3, 0.4) is 0 Å². The summed E-state index contributed by atoms with van der Waals surface area (Å²) in [6, 6.07) is 18.5. The number of amides is 2. The molecule has 1 heterocycles. The third-order valence-electron chi connectivity index (χ3n) is 4.07. The number of nitrogens with zero attached hydrogens (tertiary/aromatic N) is 1. The van der Waals surface area contributed by atoms with Crippen LogP contribution < -0.4 is 10.6 Å². The molecule has 7 nitrogen and oxygen atoms in total. The molecule has 2 amide bonds. The number of carbonyl (C=O) groups is 1. The van der Waals surface area contributed by atoms with Crippen molar-refractivity contribution in [1.82, 2.24) is 9.62 Å². The van der Waals surface area contributed by atoms with Crippen LogP contribution in [0.15, 0.2) is 82.3 Å². The van der Waals surface area contributed by atoms with Crippen LogP contribution in [0.2, 0.25) is 0 Å². The standard InChI is InChI=1S/C20H21N3O4S/c1-23(15-16-6-3-2-4-7-16)28(25,26)19-11-9-17(10-12-19)22-20(24)21-14-18-8-5-13-27-18/h2-13H,14-15H2,1H3,(H2,21,22,24). The number of rotatable bonds is 7. The van der Waals surface area contributed by atoms with Crippen LogP contribution >= 0.6 is 0 Å². The van der Waals surface area contributed by atoms with Crippen LogP contribution in [0.5, 0.6) is 0 Å². The lowest BCUT2D eigenvalue weighted by molar-refractivity contribution is 0.251. The molecule has 0 aliphatic heterocycles. The Bertz CT molecular complexity index is 1000. The van der Waals surface area contributed by atoms with Gasteiger partial charge < -0.3 is 15.1 Å². The quantitative estimate of drug-likeness (QED) is 0.637. The molecule has 3 rings (SSSR count). The second-order valence-corrected chi connectivity index (χ2v) is 8.20. The van der Waals surface area contributed by atoms with Crippen LogP contribution in [0.4, 0.5) is 10.5 Å². The normalized spacial score (nSPS) is 11.4. The third-order valence-corrected chi connectivity index (χ3v) is 5.89. The van der Waals surface area contributed by atoms with Crippen LogP contribution in [-0.4, -0.2) is 25.8 Å². The largest absolute Gasteiger partial charge is 0.467 e. The number of hydrogen-bond acceptors (Lipinski definition) is 4. The molecule has 0 saturated heterocycles. The van der Waals surface area contributed by atoms with Gasteiger partial charge in [0.15, 0.2) is 0 Å². The first-order valence-corrected chi connectivity index (χ1v) is 10.1. The molecule has 0 unspecified atom stereocenters. The zero-order valence-corrected chi connectivity index (χ0v) is 16.1. The zero-order chi connectivity index (χ0) is 20.0. The molecular weight excluding hydrogens is 378 g/mol. The van der Waals surface area contributed by atoms with Gasteiger partial charge in [-0.3, -0.25) is 0 Å². The van der Waals surface area contributed by atoms with Crippen molar-refractivity contribution < 1.29 is 17.6 Å². The summed E-state index contributed by atoms with van der Waals surface area (Å²) in [5.74, 6) is 0.637. The highest BCUT2D eigenvalue weighted by atomic mass is 32.2. The van der Waals surface area contributed by atoms with Crippen LogP contribution in [-0.2, 0) is 23.1 Å². The Balaban J connectivity index is 1.60. The Morgan fingerprint density at radius 2 is 1.71 bits per heavy atom. The summed E-state index contributed by atoms with van der Waals surface area (Å²) in [7, 11) is -2.09. The number of carbonyl (C=O) groups excluding carboxylic acids is 1. The molecule has 146 valence electrons. The monoisotopic (exact) mass is 399 g/mol. The molecule has 0 fully saturated rings. The van der Waals surface area contributed by atoms with Gasteiger partial charge in [-0.25, -0.2) is 13.2 Å². The molecule has 0 aliphatic carbocycles. The van der Waals surface area contributed by atoms with Gasteiger partial charge in [-0.2, -0.15) is 4.31 Å². The summed E-state index contributed by atoms with van der Waals surface area (Å²) in [6.45, 7) is 0.536. The summed E-state index contributed by atoms with van der Waals surface area (Å²) in [5.41, 5.74) is 1.39. The number of anilines is 1. The topological polar surface area (TPSA) is 91.7 Å². The van der Waals surface area contributed by atoms with Crippen molar-refractivity contribution >= 4 is 21.7 Å². The van der Waals surface area contributed by atoms with Gasteiger partial charge in [-0.1, -0.05) is 30.3 Å². The van der Waals surface area contributed by atoms with Gasteiger partial charge in [0.05, 0.1) is 17.7 Å². The van der Waals surface area contributed by atoms with Crippen LogP contribution in [0, 0.1) is 0 Å². The van der Waals surface area contributed by atoms with E-state index in [0.29, 0.717) is 11.4 Å². The molecule has 0 spiro atoms.